The van der Waals surface area contributed by atoms with E-state index in [4.69, 9.17) is 11.6 Å². The fourth-order valence-corrected chi connectivity index (χ4v) is 5.06. The molecular weight excluding hydrogens is 475 g/mol. The van der Waals surface area contributed by atoms with E-state index in [9.17, 15) is 9.28 Å². The second-order valence-electron chi connectivity index (χ2n) is 7.93. The smallest absolute Gasteiger partial charge is 0.268 e. The van der Waals surface area contributed by atoms with Crippen LogP contribution in [0.1, 0.15) is 40.8 Å². The average molecular weight is 501 g/mol. The van der Waals surface area contributed by atoms with Gasteiger partial charge < -0.3 is 14.2 Å². The Hall–Kier alpha value is -3.04. The van der Waals surface area contributed by atoms with Crippen molar-refractivity contribution in [3.63, 3.8) is 0 Å². The molecular formula is C24H26ClFN6OS. The van der Waals surface area contributed by atoms with Crippen LogP contribution in [0.2, 0.25) is 5.02 Å². The summed E-state index contributed by atoms with van der Waals surface area (Å²) in [6.45, 7) is 4.95. The van der Waals surface area contributed by atoms with E-state index in [1.807, 2.05) is 60.1 Å². The number of benzene rings is 1. The number of hydrogen-bond acceptors (Lipinski definition) is 5. The molecule has 3 heterocycles. The predicted octanol–water partition coefficient (Wildman–Crippen LogP) is 5.58. The largest absolute Gasteiger partial charge is 0.347 e. The normalized spacial score (nSPS) is 13.7. The van der Waals surface area contributed by atoms with Gasteiger partial charge in [0.25, 0.3) is 5.91 Å². The first-order chi connectivity index (χ1) is 16.4. The predicted molar refractivity (Wildman–Crippen MR) is 136 cm³/mol. The molecule has 0 unspecified atom stereocenters. The lowest BCUT2D eigenvalue weighted by molar-refractivity contribution is 0.0942. The lowest BCUT2D eigenvalue weighted by atomic mass is 10.1. The first kappa shape index (κ1) is 24.1. The Labute approximate surface area is 207 Å². The number of carbonyl (C=O) groups excluding carboxylic acids is 1. The minimum Gasteiger partial charge on any atom is -0.347 e. The molecule has 3 aromatic rings. The van der Waals surface area contributed by atoms with Crippen LogP contribution in [-0.2, 0) is 20.0 Å². The Morgan fingerprint density at radius 2 is 2.21 bits per heavy atom. The molecule has 0 aliphatic carbocycles. The third-order valence-electron chi connectivity index (χ3n) is 5.74. The molecule has 34 heavy (non-hydrogen) atoms. The Bertz CT molecular complexity index is 1260. The van der Waals surface area contributed by atoms with Crippen molar-refractivity contribution >= 4 is 47.0 Å². The topological polar surface area (TPSA) is 67.5 Å². The van der Waals surface area contributed by atoms with Crippen molar-refractivity contribution in [2.75, 3.05) is 10.8 Å². The summed E-state index contributed by atoms with van der Waals surface area (Å²) in [5.74, 6) is -0.202. The standard InChI is InChI=1S/C24H26ClFN6OS/c1-4-5-10-27-18-8-9-19(25)17(12-18)14-28-24(33)21-13-23(16(2)30(21)3)34-31-11-6-7-20-22(31)15-29-32(20)26/h4-5,8-10,12-13,15H,6-7,11,14H2,1-3H3,(H,28,33)/b5-4-,27-10?. The van der Waals surface area contributed by atoms with E-state index in [-0.39, 0.29) is 12.5 Å². The number of rotatable bonds is 7. The molecule has 0 atom stereocenters. The highest BCUT2D eigenvalue weighted by Gasteiger charge is 2.25. The molecule has 2 aromatic heterocycles. The summed E-state index contributed by atoms with van der Waals surface area (Å²) in [5, 5.41) is 7.28. The molecule has 0 bridgehead atoms. The molecule has 1 aliphatic heterocycles. The SMILES string of the molecule is C/C=C\C=Nc1ccc(Cl)c(CNC(=O)c2cc(SN3CCCc4c3cnn4F)c(C)n2C)c1. The van der Waals surface area contributed by atoms with Gasteiger partial charge in [-0.05, 0) is 74.5 Å². The molecule has 178 valence electrons. The van der Waals surface area contributed by atoms with Crippen LogP contribution in [0.3, 0.4) is 0 Å². The third-order valence-corrected chi connectivity index (χ3v) is 7.32. The molecule has 0 saturated carbocycles. The molecule has 0 fully saturated rings. The van der Waals surface area contributed by atoms with Crippen molar-refractivity contribution in [1.29, 1.82) is 0 Å². The molecule has 0 radical (unpaired) electrons. The fourth-order valence-electron chi connectivity index (χ4n) is 3.74. The van der Waals surface area contributed by atoms with Gasteiger partial charge in [-0.2, -0.15) is 0 Å². The molecule has 1 N–H and O–H groups in total. The third kappa shape index (κ3) is 5.05. The Kier molecular flexibility index (Phi) is 7.43. The number of hydrogen-bond donors (Lipinski definition) is 1. The highest BCUT2D eigenvalue weighted by atomic mass is 35.5. The van der Waals surface area contributed by atoms with Crippen LogP contribution in [-0.4, -0.2) is 33.2 Å². The molecule has 1 aliphatic rings. The van der Waals surface area contributed by atoms with Crippen LogP contribution in [0.4, 0.5) is 15.9 Å². The zero-order valence-corrected chi connectivity index (χ0v) is 20.8. The van der Waals surface area contributed by atoms with E-state index < -0.39 is 0 Å². The molecule has 0 spiro atoms. The van der Waals surface area contributed by atoms with E-state index in [1.54, 1.807) is 18.5 Å². The van der Waals surface area contributed by atoms with Gasteiger partial charge in [0.05, 0.1) is 28.2 Å². The summed E-state index contributed by atoms with van der Waals surface area (Å²) in [7, 11) is 1.86. The summed E-state index contributed by atoms with van der Waals surface area (Å²) in [6.07, 6.45) is 8.50. The number of halogens is 2. The minimum absolute atomic E-state index is 0.202. The maximum atomic E-state index is 13.8. The van der Waals surface area contributed by atoms with Crippen molar-refractivity contribution in [3.8, 4) is 0 Å². The Morgan fingerprint density at radius 1 is 1.38 bits per heavy atom. The van der Waals surface area contributed by atoms with E-state index in [2.05, 4.69) is 15.4 Å². The lowest BCUT2D eigenvalue weighted by Crippen LogP contribution is -2.25. The van der Waals surface area contributed by atoms with E-state index in [0.717, 1.165) is 40.5 Å². The molecule has 4 rings (SSSR count). The number of fused-ring (bicyclic) bond motifs is 1. The zero-order chi connectivity index (χ0) is 24.2. The van der Waals surface area contributed by atoms with Crippen LogP contribution >= 0.6 is 23.5 Å². The number of allylic oxidation sites excluding steroid dienone is 2. The highest BCUT2D eigenvalue weighted by Crippen LogP contribution is 2.37. The number of aliphatic imine (C=N–C) groups is 1. The van der Waals surface area contributed by atoms with Crippen molar-refractivity contribution in [3.05, 3.63) is 70.3 Å². The lowest BCUT2D eigenvalue weighted by Gasteiger charge is -2.26. The van der Waals surface area contributed by atoms with Gasteiger partial charge in [0.15, 0.2) is 0 Å². The number of aromatic nitrogens is 3. The van der Waals surface area contributed by atoms with Crippen molar-refractivity contribution in [2.24, 2.45) is 12.0 Å². The summed E-state index contributed by atoms with van der Waals surface area (Å²) >= 11 is 7.83. The first-order valence-corrected chi connectivity index (χ1v) is 12.1. The van der Waals surface area contributed by atoms with Crippen molar-refractivity contribution in [1.82, 2.24) is 19.9 Å². The maximum absolute atomic E-state index is 13.8. The maximum Gasteiger partial charge on any atom is 0.268 e. The Balaban J connectivity index is 1.47. The van der Waals surface area contributed by atoms with Gasteiger partial charge in [-0.3, -0.25) is 9.79 Å². The summed E-state index contributed by atoms with van der Waals surface area (Å²) in [6, 6.07) is 7.33. The molecule has 7 nitrogen and oxygen atoms in total. The van der Waals surface area contributed by atoms with Gasteiger partial charge in [0, 0.05) is 37.1 Å². The summed E-state index contributed by atoms with van der Waals surface area (Å²) < 4.78 is 17.7. The van der Waals surface area contributed by atoms with E-state index in [1.165, 1.54) is 11.9 Å². The minimum atomic E-state index is -0.202. The van der Waals surface area contributed by atoms with Gasteiger partial charge in [-0.15, -0.1) is 5.10 Å². The van der Waals surface area contributed by atoms with Gasteiger partial charge in [-0.25, -0.2) is 0 Å². The van der Waals surface area contributed by atoms with Crippen LogP contribution < -0.4 is 9.62 Å². The number of nitrogens with one attached hydrogen (secondary N) is 1. The van der Waals surface area contributed by atoms with Gasteiger partial charge in [0.1, 0.15) is 5.69 Å². The molecule has 0 saturated heterocycles. The monoisotopic (exact) mass is 500 g/mol. The second-order valence-corrected chi connectivity index (χ2v) is 9.40. The Morgan fingerprint density at radius 3 is 3.00 bits per heavy atom. The van der Waals surface area contributed by atoms with Crippen molar-refractivity contribution < 1.29 is 9.28 Å². The second kappa shape index (κ2) is 10.5. The average Bonchev–Trinajstić information content (AvgIpc) is 3.35. The number of anilines is 1. The van der Waals surface area contributed by atoms with Crippen LogP contribution in [0.5, 0.6) is 0 Å². The summed E-state index contributed by atoms with van der Waals surface area (Å²) in [5.41, 5.74) is 4.40. The molecule has 1 amide bonds. The van der Waals surface area contributed by atoms with Crippen LogP contribution in [0.25, 0.3) is 0 Å². The fraction of sp³-hybridized carbons (Fsp3) is 0.292. The van der Waals surface area contributed by atoms with E-state index >= 15 is 0 Å². The first-order valence-electron chi connectivity index (χ1n) is 11.0. The summed E-state index contributed by atoms with van der Waals surface area (Å²) in [4.78, 5) is 18.8. The quantitative estimate of drug-likeness (QED) is 0.339. The van der Waals surface area contributed by atoms with Gasteiger partial charge in [-0.1, -0.05) is 27.1 Å². The highest BCUT2D eigenvalue weighted by molar-refractivity contribution is 8.00. The zero-order valence-electron chi connectivity index (χ0n) is 19.3. The van der Waals surface area contributed by atoms with E-state index in [0.29, 0.717) is 27.7 Å². The molecule has 10 heteroatoms. The van der Waals surface area contributed by atoms with Gasteiger partial charge in [0.2, 0.25) is 0 Å². The number of carbonyl (C=O) groups is 1. The van der Waals surface area contributed by atoms with Crippen LogP contribution in [0, 0.1) is 6.92 Å². The number of nitrogens with zero attached hydrogens (tertiary/aromatic N) is 5. The molecule has 1 aromatic carbocycles. The van der Waals surface area contributed by atoms with Crippen molar-refractivity contribution in [2.45, 2.75) is 38.1 Å². The number of amides is 1. The van der Waals surface area contributed by atoms with Gasteiger partial charge >= 0.3 is 0 Å². The van der Waals surface area contributed by atoms with Crippen LogP contribution in [0.15, 0.2) is 52.5 Å².